The van der Waals surface area contributed by atoms with Crippen molar-refractivity contribution in [3.05, 3.63) is 23.4 Å². The molecule has 100 valence electrons. The Bertz CT molecular complexity index is 395. The monoisotopic (exact) mass is 248 g/mol. The molecular weight excluding hydrogens is 224 g/mol. The van der Waals surface area contributed by atoms with Crippen LogP contribution in [-0.2, 0) is 0 Å². The third-order valence-corrected chi connectivity index (χ3v) is 3.81. The number of nitrogens with two attached hydrogens (primary N) is 1. The Kier molecular flexibility index (Phi) is 3.94. The molecule has 0 radical (unpaired) electrons. The molecule has 1 aliphatic carbocycles. The largest absolute Gasteiger partial charge is 0.399 e. The van der Waals surface area contributed by atoms with E-state index in [4.69, 9.17) is 5.73 Å². The Morgan fingerprint density at radius 2 is 2.28 bits per heavy atom. The SMILES string of the molecule is CCC1=CC(N)=CC(CC)C1NC1=NCCN1C. The normalized spacial score (nSPS) is 27.7. The summed E-state index contributed by atoms with van der Waals surface area (Å²) in [5, 5.41) is 3.60. The van der Waals surface area contributed by atoms with Gasteiger partial charge >= 0.3 is 0 Å². The highest BCUT2D eigenvalue weighted by molar-refractivity contribution is 5.82. The molecule has 18 heavy (non-hydrogen) atoms. The topological polar surface area (TPSA) is 53.6 Å². The van der Waals surface area contributed by atoms with E-state index in [2.05, 4.69) is 48.3 Å². The van der Waals surface area contributed by atoms with E-state index in [0.717, 1.165) is 37.6 Å². The van der Waals surface area contributed by atoms with Crippen LogP contribution in [-0.4, -0.2) is 37.0 Å². The van der Waals surface area contributed by atoms with Crippen molar-refractivity contribution in [3.63, 3.8) is 0 Å². The highest BCUT2D eigenvalue weighted by Crippen LogP contribution is 2.26. The van der Waals surface area contributed by atoms with Crippen LogP contribution in [0.2, 0.25) is 0 Å². The lowest BCUT2D eigenvalue weighted by atomic mass is 9.84. The smallest absolute Gasteiger partial charge is 0.194 e. The minimum Gasteiger partial charge on any atom is -0.399 e. The highest BCUT2D eigenvalue weighted by Gasteiger charge is 2.27. The molecule has 0 fully saturated rings. The van der Waals surface area contributed by atoms with Crippen molar-refractivity contribution in [2.45, 2.75) is 32.7 Å². The van der Waals surface area contributed by atoms with E-state index < -0.39 is 0 Å². The Morgan fingerprint density at radius 1 is 1.50 bits per heavy atom. The average molecular weight is 248 g/mol. The number of nitrogens with zero attached hydrogens (tertiary/aromatic N) is 2. The second-order valence-corrected chi connectivity index (χ2v) is 5.06. The zero-order valence-corrected chi connectivity index (χ0v) is 11.6. The summed E-state index contributed by atoms with van der Waals surface area (Å²) in [6, 6.07) is 0.339. The molecule has 2 unspecified atom stereocenters. The molecule has 2 atom stereocenters. The van der Waals surface area contributed by atoms with E-state index in [1.165, 1.54) is 5.57 Å². The van der Waals surface area contributed by atoms with Crippen molar-refractivity contribution in [3.8, 4) is 0 Å². The van der Waals surface area contributed by atoms with Gasteiger partial charge in [-0.3, -0.25) is 4.99 Å². The molecule has 3 N–H and O–H groups in total. The third kappa shape index (κ3) is 2.52. The Morgan fingerprint density at radius 3 is 2.83 bits per heavy atom. The van der Waals surface area contributed by atoms with Crippen LogP contribution in [0.3, 0.4) is 0 Å². The van der Waals surface area contributed by atoms with Crippen LogP contribution < -0.4 is 11.1 Å². The third-order valence-electron chi connectivity index (χ3n) is 3.81. The Balaban J connectivity index is 2.16. The van der Waals surface area contributed by atoms with Crippen LogP contribution in [0.15, 0.2) is 28.4 Å². The maximum absolute atomic E-state index is 5.98. The molecule has 0 aromatic rings. The molecule has 2 rings (SSSR count). The first-order valence-corrected chi connectivity index (χ1v) is 6.85. The second kappa shape index (κ2) is 5.46. The van der Waals surface area contributed by atoms with Crippen molar-refractivity contribution < 1.29 is 0 Å². The van der Waals surface area contributed by atoms with Gasteiger partial charge in [0.2, 0.25) is 0 Å². The first kappa shape index (κ1) is 13.0. The first-order valence-electron chi connectivity index (χ1n) is 6.85. The molecule has 0 aromatic carbocycles. The molecule has 4 nitrogen and oxygen atoms in total. The van der Waals surface area contributed by atoms with Gasteiger partial charge in [0.25, 0.3) is 0 Å². The molecule has 0 saturated heterocycles. The van der Waals surface area contributed by atoms with Crippen molar-refractivity contribution in [2.75, 3.05) is 20.1 Å². The van der Waals surface area contributed by atoms with Gasteiger partial charge in [0.1, 0.15) is 0 Å². The van der Waals surface area contributed by atoms with Crippen molar-refractivity contribution in [1.82, 2.24) is 10.2 Å². The Labute approximate surface area is 110 Å². The van der Waals surface area contributed by atoms with Gasteiger partial charge in [-0.15, -0.1) is 0 Å². The lowest BCUT2D eigenvalue weighted by molar-refractivity contribution is 0.452. The predicted molar refractivity (Wildman–Crippen MR) is 76.3 cm³/mol. The molecule has 1 aliphatic heterocycles. The van der Waals surface area contributed by atoms with Gasteiger partial charge in [-0.2, -0.15) is 0 Å². The number of likely N-dealkylation sites (N-methyl/N-ethyl adjacent to an activating group) is 1. The number of allylic oxidation sites excluding steroid dienone is 1. The standard InChI is InChI=1S/C14H24N4/c1-4-10-8-12(15)9-11(5-2)13(10)17-14-16-6-7-18(14)3/h8-10,13H,4-7,15H2,1-3H3,(H,16,17). The lowest BCUT2D eigenvalue weighted by Gasteiger charge is -2.32. The molecule has 0 spiro atoms. The fourth-order valence-corrected chi connectivity index (χ4v) is 2.67. The summed E-state index contributed by atoms with van der Waals surface area (Å²) in [6.45, 7) is 6.30. The quantitative estimate of drug-likeness (QED) is 0.795. The van der Waals surface area contributed by atoms with E-state index >= 15 is 0 Å². The summed E-state index contributed by atoms with van der Waals surface area (Å²) in [4.78, 5) is 6.70. The number of hydrogen-bond donors (Lipinski definition) is 2. The summed E-state index contributed by atoms with van der Waals surface area (Å²) in [6.07, 6.45) is 6.40. The maximum Gasteiger partial charge on any atom is 0.194 e. The fourth-order valence-electron chi connectivity index (χ4n) is 2.67. The van der Waals surface area contributed by atoms with Crippen LogP contribution in [0.4, 0.5) is 0 Å². The molecule has 2 aliphatic rings. The first-order chi connectivity index (χ1) is 8.65. The van der Waals surface area contributed by atoms with Gasteiger partial charge in [-0.05, 0) is 24.5 Å². The summed E-state index contributed by atoms with van der Waals surface area (Å²) < 4.78 is 0. The van der Waals surface area contributed by atoms with Crippen LogP contribution in [0.25, 0.3) is 0 Å². The molecule has 0 aromatic heterocycles. The van der Waals surface area contributed by atoms with Crippen molar-refractivity contribution in [1.29, 1.82) is 0 Å². The summed E-state index contributed by atoms with van der Waals surface area (Å²) >= 11 is 0. The summed E-state index contributed by atoms with van der Waals surface area (Å²) in [5.74, 6) is 1.48. The van der Waals surface area contributed by atoms with E-state index in [0.29, 0.717) is 12.0 Å². The molecule has 4 heteroatoms. The molecule has 1 heterocycles. The van der Waals surface area contributed by atoms with E-state index in [1.807, 2.05) is 0 Å². The van der Waals surface area contributed by atoms with Gasteiger partial charge < -0.3 is 16.0 Å². The van der Waals surface area contributed by atoms with E-state index in [-0.39, 0.29) is 0 Å². The number of guanidine groups is 1. The highest BCUT2D eigenvalue weighted by atomic mass is 15.3. The minimum absolute atomic E-state index is 0.339. The molecule has 0 saturated carbocycles. The number of rotatable bonds is 3. The number of hydrogen-bond acceptors (Lipinski definition) is 4. The van der Waals surface area contributed by atoms with Crippen molar-refractivity contribution >= 4 is 5.96 Å². The molecule has 0 amide bonds. The second-order valence-electron chi connectivity index (χ2n) is 5.06. The van der Waals surface area contributed by atoms with E-state index in [9.17, 15) is 0 Å². The van der Waals surface area contributed by atoms with Crippen LogP contribution >= 0.6 is 0 Å². The average Bonchev–Trinajstić information content (AvgIpc) is 2.76. The molecular formula is C14H24N4. The summed E-state index contributed by atoms with van der Waals surface area (Å²) in [5.41, 5.74) is 8.26. The Hall–Kier alpha value is -1.45. The van der Waals surface area contributed by atoms with Crippen LogP contribution in [0.1, 0.15) is 26.7 Å². The van der Waals surface area contributed by atoms with Gasteiger partial charge in [0, 0.05) is 25.2 Å². The zero-order valence-electron chi connectivity index (χ0n) is 11.6. The van der Waals surface area contributed by atoms with Gasteiger partial charge in [0.15, 0.2) is 5.96 Å². The van der Waals surface area contributed by atoms with Gasteiger partial charge in [0.05, 0.1) is 12.6 Å². The van der Waals surface area contributed by atoms with Gasteiger partial charge in [-0.1, -0.05) is 19.9 Å². The number of aliphatic imine (C=N–C) groups is 1. The summed E-state index contributed by atoms with van der Waals surface area (Å²) in [7, 11) is 2.09. The number of nitrogens with one attached hydrogen (secondary N) is 1. The van der Waals surface area contributed by atoms with Crippen LogP contribution in [0.5, 0.6) is 0 Å². The van der Waals surface area contributed by atoms with Crippen LogP contribution in [0, 0.1) is 5.92 Å². The lowest BCUT2D eigenvalue weighted by Crippen LogP contribution is -2.47. The van der Waals surface area contributed by atoms with E-state index in [1.54, 1.807) is 0 Å². The maximum atomic E-state index is 5.98. The van der Waals surface area contributed by atoms with Gasteiger partial charge in [-0.25, -0.2) is 0 Å². The zero-order chi connectivity index (χ0) is 13.1. The fraction of sp³-hybridized carbons (Fsp3) is 0.643. The predicted octanol–water partition coefficient (Wildman–Crippen LogP) is 1.46. The minimum atomic E-state index is 0.339. The molecule has 0 bridgehead atoms. The van der Waals surface area contributed by atoms with Crippen molar-refractivity contribution in [2.24, 2.45) is 16.6 Å².